The standard InChI is InChI=1S/C9H12FN3O2/c1-2-15-8-4-3-6(5-7(8)10)12-9(11)13-14/h3-5,14H,2H2,1H3,(H3,11,12,13). The number of rotatable bonds is 3. The second-order valence-corrected chi connectivity index (χ2v) is 2.66. The molecule has 1 rings (SSSR count). The van der Waals surface area contributed by atoms with E-state index in [1.165, 1.54) is 12.1 Å². The number of guanidine groups is 1. The van der Waals surface area contributed by atoms with E-state index in [1.807, 2.05) is 0 Å². The number of hydrogen-bond acceptors (Lipinski definition) is 3. The first-order valence-corrected chi connectivity index (χ1v) is 4.34. The Balaban J connectivity index is 2.91. The molecule has 6 heteroatoms. The summed E-state index contributed by atoms with van der Waals surface area (Å²) >= 11 is 0. The van der Waals surface area contributed by atoms with E-state index >= 15 is 0 Å². The second kappa shape index (κ2) is 5.16. The van der Waals surface area contributed by atoms with Crippen molar-refractivity contribution in [2.75, 3.05) is 6.61 Å². The van der Waals surface area contributed by atoms with E-state index in [0.29, 0.717) is 6.61 Å². The summed E-state index contributed by atoms with van der Waals surface area (Å²) in [4.78, 5) is 3.68. The lowest BCUT2D eigenvalue weighted by Gasteiger charge is -2.04. The van der Waals surface area contributed by atoms with Gasteiger partial charge < -0.3 is 10.5 Å². The van der Waals surface area contributed by atoms with Crippen molar-refractivity contribution in [1.29, 1.82) is 0 Å². The molecule has 0 saturated heterocycles. The summed E-state index contributed by atoms with van der Waals surface area (Å²) < 4.78 is 18.3. The number of ether oxygens (including phenoxy) is 1. The van der Waals surface area contributed by atoms with Crippen LogP contribution in [0.4, 0.5) is 10.1 Å². The highest BCUT2D eigenvalue weighted by Gasteiger charge is 2.03. The number of benzene rings is 1. The minimum Gasteiger partial charge on any atom is -0.491 e. The first-order chi connectivity index (χ1) is 7.17. The molecule has 15 heavy (non-hydrogen) atoms. The third-order valence-electron chi connectivity index (χ3n) is 1.58. The van der Waals surface area contributed by atoms with E-state index in [-0.39, 0.29) is 17.4 Å². The summed E-state index contributed by atoms with van der Waals surface area (Å²) in [6.45, 7) is 2.15. The fourth-order valence-corrected chi connectivity index (χ4v) is 0.996. The molecule has 0 heterocycles. The zero-order valence-corrected chi connectivity index (χ0v) is 8.20. The van der Waals surface area contributed by atoms with Crippen molar-refractivity contribution in [1.82, 2.24) is 5.48 Å². The Kier molecular flexibility index (Phi) is 3.87. The highest BCUT2D eigenvalue weighted by atomic mass is 19.1. The maximum Gasteiger partial charge on any atom is 0.218 e. The number of halogens is 1. The normalized spacial score (nSPS) is 11.3. The van der Waals surface area contributed by atoms with Crippen molar-refractivity contribution in [3.63, 3.8) is 0 Å². The van der Waals surface area contributed by atoms with Crippen molar-refractivity contribution in [2.24, 2.45) is 10.7 Å². The molecule has 1 aromatic rings. The predicted molar refractivity (Wildman–Crippen MR) is 53.8 cm³/mol. The molecule has 0 aliphatic heterocycles. The van der Waals surface area contributed by atoms with E-state index in [1.54, 1.807) is 12.4 Å². The molecule has 0 spiro atoms. The minimum atomic E-state index is -0.524. The fourth-order valence-electron chi connectivity index (χ4n) is 0.996. The highest BCUT2D eigenvalue weighted by molar-refractivity contribution is 5.79. The third-order valence-corrected chi connectivity index (χ3v) is 1.58. The van der Waals surface area contributed by atoms with E-state index < -0.39 is 5.82 Å². The fraction of sp³-hybridized carbons (Fsp3) is 0.222. The number of hydrogen-bond donors (Lipinski definition) is 3. The summed E-state index contributed by atoms with van der Waals surface area (Å²) in [5.74, 6) is -0.575. The lowest BCUT2D eigenvalue weighted by atomic mass is 10.3. The van der Waals surface area contributed by atoms with E-state index in [9.17, 15) is 4.39 Å². The van der Waals surface area contributed by atoms with Crippen LogP contribution in [0.3, 0.4) is 0 Å². The second-order valence-electron chi connectivity index (χ2n) is 2.66. The van der Waals surface area contributed by atoms with E-state index in [0.717, 1.165) is 6.07 Å². The predicted octanol–water partition coefficient (Wildman–Crippen LogP) is 1.15. The molecular formula is C9H12FN3O2. The van der Waals surface area contributed by atoms with Crippen molar-refractivity contribution < 1.29 is 14.3 Å². The van der Waals surface area contributed by atoms with Gasteiger partial charge in [0.1, 0.15) is 0 Å². The van der Waals surface area contributed by atoms with Crippen LogP contribution in [0.1, 0.15) is 6.92 Å². The van der Waals surface area contributed by atoms with Gasteiger partial charge in [-0.15, -0.1) is 0 Å². The van der Waals surface area contributed by atoms with E-state index in [2.05, 4.69) is 4.99 Å². The Morgan fingerprint density at radius 2 is 2.40 bits per heavy atom. The summed E-state index contributed by atoms with van der Waals surface area (Å²) in [7, 11) is 0. The molecule has 0 saturated carbocycles. The molecule has 0 fully saturated rings. The molecule has 0 bridgehead atoms. The van der Waals surface area contributed by atoms with Crippen LogP contribution in [0.15, 0.2) is 23.2 Å². The van der Waals surface area contributed by atoms with Gasteiger partial charge in [0.2, 0.25) is 5.96 Å². The Labute approximate surface area is 86.3 Å². The number of nitrogens with zero attached hydrogens (tertiary/aromatic N) is 1. The van der Waals surface area contributed by atoms with Gasteiger partial charge in [0, 0.05) is 6.07 Å². The van der Waals surface area contributed by atoms with Gasteiger partial charge in [0.15, 0.2) is 11.6 Å². The Bertz CT molecular complexity index is 368. The number of nitrogens with two attached hydrogens (primary N) is 1. The molecule has 0 aromatic heterocycles. The van der Waals surface area contributed by atoms with Gasteiger partial charge in [0.25, 0.3) is 0 Å². The van der Waals surface area contributed by atoms with Crippen LogP contribution in [0.25, 0.3) is 0 Å². The maximum absolute atomic E-state index is 13.3. The number of aliphatic imine (C=N–C) groups is 1. The first-order valence-electron chi connectivity index (χ1n) is 4.34. The molecular weight excluding hydrogens is 201 g/mol. The van der Waals surface area contributed by atoms with Gasteiger partial charge in [-0.05, 0) is 19.1 Å². The van der Waals surface area contributed by atoms with Gasteiger partial charge in [-0.1, -0.05) is 0 Å². The molecule has 0 unspecified atom stereocenters. The molecule has 0 amide bonds. The molecule has 0 atom stereocenters. The smallest absolute Gasteiger partial charge is 0.218 e. The van der Waals surface area contributed by atoms with Gasteiger partial charge >= 0.3 is 0 Å². The topological polar surface area (TPSA) is 79.9 Å². The molecule has 1 aromatic carbocycles. The van der Waals surface area contributed by atoms with Gasteiger partial charge in [-0.3, -0.25) is 5.21 Å². The van der Waals surface area contributed by atoms with Crippen LogP contribution in [0.2, 0.25) is 0 Å². The van der Waals surface area contributed by atoms with Gasteiger partial charge in [-0.25, -0.2) is 14.9 Å². The van der Waals surface area contributed by atoms with Crippen molar-refractivity contribution >= 4 is 11.6 Å². The quantitative estimate of drug-likeness (QED) is 0.399. The summed E-state index contributed by atoms with van der Waals surface area (Å²) in [5, 5.41) is 8.38. The van der Waals surface area contributed by atoms with Gasteiger partial charge in [-0.2, -0.15) is 0 Å². The summed E-state index contributed by atoms with van der Waals surface area (Å²) in [6.07, 6.45) is 0. The average molecular weight is 213 g/mol. The largest absolute Gasteiger partial charge is 0.491 e. The van der Waals surface area contributed by atoms with Crippen LogP contribution in [0, 0.1) is 5.82 Å². The molecule has 0 aliphatic rings. The van der Waals surface area contributed by atoms with Crippen LogP contribution in [-0.4, -0.2) is 17.8 Å². The molecule has 5 nitrogen and oxygen atoms in total. The van der Waals surface area contributed by atoms with Crippen LogP contribution in [-0.2, 0) is 0 Å². The maximum atomic E-state index is 13.3. The molecule has 0 radical (unpaired) electrons. The Morgan fingerprint density at radius 1 is 1.67 bits per heavy atom. The van der Waals surface area contributed by atoms with Crippen molar-refractivity contribution in [3.05, 3.63) is 24.0 Å². The monoisotopic (exact) mass is 213 g/mol. The first kappa shape index (κ1) is 11.3. The van der Waals surface area contributed by atoms with Crippen LogP contribution < -0.4 is 16.0 Å². The number of nitrogens with one attached hydrogen (secondary N) is 1. The molecule has 4 N–H and O–H groups in total. The lowest BCUT2D eigenvalue weighted by molar-refractivity contribution is 0.233. The van der Waals surface area contributed by atoms with Crippen molar-refractivity contribution in [3.8, 4) is 5.75 Å². The minimum absolute atomic E-state index is 0.159. The van der Waals surface area contributed by atoms with Gasteiger partial charge in [0.05, 0.1) is 12.3 Å². The van der Waals surface area contributed by atoms with E-state index in [4.69, 9.17) is 15.7 Å². The Morgan fingerprint density at radius 3 is 2.93 bits per heavy atom. The number of hydroxylamine groups is 1. The SMILES string of the molecule is CCOc1ccc(N=C(N)NO)cc1F. The zero-order chi connectivity index (χ0) is 11.3. The molecule has 0 aliphatic carbocycles. The summed E-state index contributed by atoms with van der Waals surface area (Å²) in [5.41, 5.74) is 7.12. The third kappa shape index (κ3) is 3.10. The summed E-state index contributed by atoms with van der Waals surface area (Å²) in [6, 6.07) is 4.13. The van der Waals surface area contributed by atoms with Crippen LogP contribution in [0.5, 0.6) is 5.75 Å². The van der Waals surface area contributed by atoms with Crippen molar-refractivity contribution in [2.45, 2.75) is 6.92 Å². The molecule has 82 valence electrons. The van der Waals surface area contributed by atoms with Crippen LogP contribution >= 0.6 is 0 Å². The lowest BCUT2D eigenvalue weighted by Crippen LogP contribution is -2.27. The zero-order valence-electron chi connectivity index (χ0n) is 8.20. The highest BCUT2D eigenvalue weighted by Crippen LogP contribution is 2.22. The Hall–Kier alpha value is -1.82. The average Bonchev–Trinajstić information content (AvgIpc) is 2.22.